The second-order valence-corrected chi connectivity index (χ2v) is 8.83. The summed E-state index contributed by atoms with van der Waals surface area (Å²) in [6.45, 7) is 1.08. The molecule has 4 atom stereocenters. The van der Waals surface area contributed by atoms with Gasteiger partial charge in [0.05, 0.1) is 35.4 Å². The Morgan fingerprint density at radius 3 is 2.46 bits per heavy atom. The van der Waals surface area contributed by atoms with Crippen LogP contribution in [0.15, 0.2) is 43.0 Å². The number of carbonyl (C=O) groups excluding carboxylic acids is 1. The molecule has 0 spiro atoms. The fraction of sp³-hybridized carbons (Fsp3) is 0.391. The van der Waals surface area contributed by atoms with Gasteiger partial charge in [-0.1, -0.05) is 6.92 Å². The predicted molar refractivity (Wildman–Crippen MR) is 116 cm³/mol. The number of carbonyl (C=O) groups is 1. The first-order valence-electron chi connectivity index (χ1n) is 11.0. The number of aliphatic hydroxyl groups excluding tert-OH is 2. The van der Waals surface area contributed by atoms with E-state index in [0.29, 0.717) is 24.6 Å². The van der Waals surface area contributed by atoms with Crippen LogP contribution in [-0.4, -0.2) is 54.0 Å². The lowest BCUT2D eigenvalue weighted by Crippen LogP contribution is -2.35. The maximum Gasteiger partial charge on any atom is 0.416 e. The van der Waals surface area contributed by atoms with Crippen molar-refractivity contribution in [3.63, 3.8) is 0 Å². The predicted octanol–water partition coefficient (Wildman–Crippen LogP) is 3.53. The number of aromatic nitrogens is 4. The van der Waals surface area contributed by atoms with E-state index in [0.717, 1.165) is 11.0 Å². The van der Waals surface area contributed by atoms with E-state index in [9.17, 15) is 41.4 Å². The molecule has 0 aliphatic heterocycles. The first kappa shape index (κ1) is 26.5. The zero-order valence-electron chi connectivity index (χ0n) is 19.1. The summed E-state index contributed by atoms with van der Waals surface area (Å²) in [5.41, 5.74) is -3.43. The minimum Gasteiger partial charge on any atom is -0.390 e. The number of benzene rings is 1. The van der Waals surface area contributed by atoms with Crippen LogP contribution in [0.1, 0.15) is 46.1 Å². The number of alkyl halides is 6. The number of nitrogens with zero attached hydrogens (tertiary/aromatic N) is 4. The molecule has 4 rings (SSSR count). The van der Waals surface area contributed by atoms with Crippen LogP contribution in [0.25, 0.3) is 0 Å². The van der Waals surface area contributed by atoms with E-state index in [1.54, 1.807) is 6.92 Å². The zero-order valence-corrected chi connectivity index (χ0v) is 19.1. The molecule has 0 bridgehead atoms. The first-order chi connectivity index (χ1) is 17.3. The van der Waals surface area contributed by atoms with Gasteiger partial charge in [0.2, 0.25) is 5.78 Å². The summed E-state index contributed by atoms with van der Waals surface area (Å²) in [6.07, 6.45) is -7.91. The molecule has 3 aromatic rings. The fourth-order valence-electron chi connectivity index (χ4n) is 4.25. The molecule has 3 N–H and O–H groups in total. The van der Waals surface area contributed by atoms with Crippen LogP contribution in [0.3, 0.4) is 0 Å². The highest BCUT2D eigenvalue weighted by Gasteiger charge is 2.40. The molecule has 8 nitrogen and oxygen atoms in total. The number of nitrogens with one attached hydrogen (secondary N) is 1. The highest BCUT2D eigenvalue weighted by atomic mass is 19.4. The van der Waals surface area contributed by atoms with Crippen LogP contribution in [-0.2, 0) is 18.9 Å². The number of anilines is 1. The van der Waals surface area contributed by atoms with Crippen molar-refractivity contribution in [1.29, 1.82) is 0 Å². The second-order valence-electron chi connectivity index (χ2n) is 8.83. The summed E-state index contributed by atoms with van der Waals surface area (Å²) in [5.74, 6) is -0.859. The zero-order chi connectivity index (χ0) is 27.1. The molecule has 2 aromatic heterocycles. The first-order valence-corrected chi connectivity index (χ1v) is 11.0. The van der Waals surface area contributed by atoms with Crippen LogP contribution >= 0.6 is 0 Å². The normalized spacial score (nSPS) is 22.3. The Hall–Kier alpha value is -3.52. The Labute approximate surface area is 206 Å². The van der Waals surface area contributed by atoms with Gasteiger partial charge in [-0.15, -0.1) is 0 Å². The number of rotatable bonds is 6. The van der Waals surface area contributed by atoms with Crippen LogP contribution < -0.4 is 5.32 Å². The van der Waals surface area contributed by atoms with Crippen molar-refractivity contribution in [3.05, 3.63) is 70.9 Å². The smallest absolute Gasteiger partial charge is 0.390 e. The Kier molecular flexibility index (Phi) is 6.99. The van der Waals surface area contributed by atoms with E-state index in [-0.39, 0.29) is 23.0 Å². The molecule has 14 heteroatoms. The average molecular weight is 529 g/mol. The van der Waals surface area contributed by atoms with Gasteiger partial charge in [-0.25, -0.2) is 9.97 Å². The molecular weight excluding hydrogens is 508 g/mol. The molecule has 37 heavy (non-hydrogen) atoms. The van der Waals surface area contributed by atoms with Gasteiger partial charge in [-0.05, 0) is 42.2 Å². The minimum atomic E-state index is -4.90. The van der Waals surface area contributed by atoms with Crippen molar-refractivity contribution in [2.45, 2.75) is 50.5 Å². The lowest BCUT2D eigenvalue weighted by atomic mass is 10.0. The van der Waals surface area contributed by atoms with Gasteiger partial charge in [0, 0.05) is 12.4 Å². The van der Waals surface area contributed by atoms with Crippen LogP contribution in [0.5, 0.6) is 0 Å². The highest BCUT2D eigenvalue weighted by molar-refractivity contribution is 6.10. The van der Waals surface area contributed by atoms with Crippen molar-refractivity contribution in [3.8, 4) is 0 Å². The number of hydrogen-bond acceptors (Lipinski definition) is 7. The molecule has 198 valence electrons. The third-order valence-electron chi connectivity index (χ3n) is 6.19. The summed E-state index contributed by atoms with van der Waals surface area (Å²) >= 11 is 0. The summed E-state index contributed by atoms with van der Waals surface area (Å²) in [4.78, 5) is 20.9. The van der Waals surface area contributed by atoms with Crippen LogP contribution in [0.2, 0.25) is 0 Å². The Morgan fingerprint density at radius 2 is 1.84 bits per heavy atom. The molecule has 0 radical (unpaired) electrons. The molecule has 1 saturated carbocycles. The molecule has 1 aromatic carbocycles. The molecule has 1 aliphatic rings. The minimum absolute atomic E-state index is 0.0518. The summed E-state index contributed by atoms with van der Waals surface area (Å²) in [7, 11) is 0. The number of hydrogen-bond donors (Lipinski definition) is 3. The maximum atomic E-state index is 13.4. The van der Waals surface area contributed by atoms with E-state index in [1.807, 2.05) is 0 Å². The van der Waals surface area contributed by atoms with Gasteiger partial charge in [-0.3, -0.25) is 9.48 Å². The van der Waals surface area contributed by atoms with Crippen molar-refractivity contribution >= 4 is 11.6 Å². The largest absolute Gasteiger partial charge is 0.416 e. The van der Waals surface area contributed by atoms with E-state index >= 15 is 0 Å². The average Bonchev–Trinajstić information content (AvgIpc) is 3.38. The molecular formula is C23H21F6N5O3. The standard InChI is InChI=1S/C23H21F6N5O3/c1-11-6-17(20(37)18(11)35)32-21-14(8-30-10-31-21)19(36)16-4-5-34(33-16)9-12-7-13(22(24,25)26)2-3-15(12)23(27,28)29/h2-5,7-8,10-11,17-18,20,35,37H,6,9H2,1H3,(H,30,31,32)/t11-,17-,18-,20+/m1/s1. The lowest BCUT2D eigenvalue weighted by Gasteiger charge is -2.19. The van der Waals surface area contributed by atoms with Crippen molar-refractivity contribution in [2.75, 3.05) is 5.32 Å². The van der Waals surface area contributed by atoms with Gasteiger partial charge in [-0.2, -0.15) is 31.4 Å². The summed E-state index contributed by atoms with van der Waals surface area (Å²) in [6, 6.07) is 1.72. The quantitative estimate of drug-likeness (QED) is 0.331. The molecule has 1 aliphatic carbocycles. The van der Waals surface area contributed by atoms with E-state index in [4.69, 9.17) is 0 Å². The fourth-order valence-corrected chi connectivity index (χ4v) is 4.25. The van der Waals surface area contributed by atoms with Gasteiger partial charge >= 0.3 is 12.4 Å². The number of aliphatic hydroxyl groups is 2. The Bertz CT molecular complexity index is 1290. The Morgan fingerprint density at radius 1 is 1.11 bits per heavy atom. The summed E-state index contributed by atoms with van der Waals surface area (Å²) < 4.78 is 80.4. The molecule has 0 saturated heterocycles. The lowest BCUT2D eigenvalue weighted by molar-refractivity contribution is -0.141. The summed E-state index contributed by atoms with van der Waals surface area (Å²) in [5, 5.41) is 27.1. The van der Waals surface area contributed by atoms with Gasteiger partial charge in [0.1, 0.15) is 23.9 Å². The molecule has 1 fully saturated rings. The SMILES string of the molecule is C[C@@H]1C[C@@H](Nc2ncncc2C(=O)c2ccn(Cc3cc(C(F)(F)F)ccc3C(F)(F)F)n2)[C@H](O)[C@@H]1O. The van der Waals surface area contributed by atoms with Gasteiger partial charge < -0.3 is 15.5 Å². The van der Waals surface area contributed by atoms with E-state index < -0.39 is 59.6 Å². The van der Waals surface area contributed by atoms with Crippen molar-refractivity contribution < 1.29 is 41.4 Å². The third-order valence-corrected chi connectivity index (χ3v) is 6.19. The molecule has 2 heterocycles. The number of ketones is 1. The van der Waals surface area contributed by atoms with E-state index in [1.165, 1.54) is 18.5 Å². The van der Waals surface area contributed by atoms with Crippen LogP contribution in [0, 0.1) is 5.92 Å². The van der Waals surface area contributed by atoms with Crippen molar-refractivity contribution in [1.82, 2.24) is 19.7 Å². The Balaban J connectivity index is 1.59. The monoisotopic (exact) mass is 529 g/mol. The molecule has 0 unspecified atom stereocenters. The van der Waals surface area contributed by atoms with Gasteiger partial charge in [0.15, 0.2) is 0 Å². The highest BCUT2D eigenvalue weighted by Crippen LogP contribution is 2.37. The molecule has 0 amide bonds. The second kappa shape index (κ2) is 9.74. The topological polar surface area (TPSA) is 113 Å². The van der Waals surface area contributed by atoms with E-state index in [2.05, 4.69) is 20.4 Å². The van der Waals surface area contributed by atoms with Crippen molar-refractivity contribution in [2.24, 2.45) is 5.92 Å². The maximum absolute atomic E-state index is 13.4. The number of halogens is 6. The van der Waals surface area contributed by atoms with Crippen LogP contribution in [0.4, 0.5) is 32.2 Å². The van der Waals surface area contributed by atoms with Gasteiger partial charge in [0.25, 0.3) is 0 Å². The third kappa shape index (κ3) is 5.59.